The minimum absolute atomic E-state index is 0.253. The molecule has 0 aliphatic rings. The van der Waals surface area contributed by atoms with Crippen LogP contribution >= 0.6 is 0 Å². The number of rotatable bonds is 3. The van der Waals surface area contributed by atoms with Crippen LogP contribution in [0.4, 0.5) is 10.1 Å². The molecule has 2 rings (SSSR count). The molecule has 0 aliphatic carbocycles. The van der Waals surface area contributed by atoms with Crippen LogP contribution in [0.3, 0.4) is 0 Å². The maximum absolute atomic E-state index is 12.9. The Kier molecular flexibility index (Phi) is 5.71. The molecule has 0 radical (unpaired) electrons. The van der Waals surface area contributed by atoms with Gasteiger partial charge in [-0.3, -0.25) is 0 Å². The highest BCUT2D eigenvalue weighted by atomic mass is 19.1. The maximum Gasteiger partial charge on any atom is 0.123 e. The van der Waals surface area contributed by atoms with Gasteiger partial charge in [-0.15, -0.1) is 0 Å². The Morgan fingerprint density at radius 2 is 1.48 bits per heavy atom. The van der Waals surface area contributed by atoms with E-state index >= 15 is 0 Å². The Morgan fingerprint density at radius 3 is 2.00 bits per heavy atom. The maximum atomic E-state index is 12.9. The van der Waals surface area contributed by atoms with Crippen molar-refractivity contribution >= 4 is 11.9 Å². The molecule has 2 aromatic carbocycles. The van der Waals surface area contributed by atoms with Crippen molar-refractivity contribution in [1.82, 2.24) is 0 Å². The van der Waals surface area contributed by atoms with Crippen LogP contribution in [0.1, 0.15) is 56.2 Å². The molecule has 0 bridgehead atoms. The molecule has 2 aromatic rings. The van der Waals surface area contributed by atoms with E-state index in [-0.39, 0.29) is 5.82 Å². The molecule has 0 amide bonds. The molecule has 0 N–H and O–H groups in total. The first-order valence-electron chi connectivity index (χ1n) is 7.91. The first-order valence-corrected chi connectivity index (χ1v) is 7.91. The number of aliphatic imine (C=N–C) groups is 1. The zero-order chi connectivity index (χ0) is 16.8. The van der Waals surface area contributed by atoms with Gasteiger partial charge in [0.1, 0.15) is 5.82 Å². The summed E-state index contributed by atoms with van der Waals surface area (Å²) in [5, 5.41) is 0. The molecule has 0 heterocycles. The highest BCUT2D eigenvalue weighted by Crippen LogP contribution is 2.34. The second kappa shape index (κ2) is 7.74. The van der Waals surface area contributed by atoms with E-state index in [0.717, 1.165) is 11.3 Å². The van der Waals surface area contributed by atoms with Crippen molar-refractivity contribution in [3.63, 3.8) is 0 Å². The fourth-order valence-corrected chi connectivity index (χ4v) is 2.41. The normalized spacial score (nSPS) is 11.1. The van der Waals surface area contributed by atoms with Crippen molar-refractivity contribution < 1.29 is 4.39 Å². The Morgan fingerprint density at radius 1 is 0.913 bits per heavy atom. The van der Waals surface area contributed by atoms with Crippen LogP contribution in [-0.2, 0) is 0 Å². The van der Waals surface area contributed by atoms with Crippen LogP contribution in [0, 0.1) is 17.7 Å². The summed E-state index contributed by atoms with van der Waals surface area (Å²) in [6.45, 7) is 8.68. The van der Waals surface area contributed by atoms with Gasteiger partial charge in [0.15, 0.2) is 0 Å². The lowest BCUT2D eigenvalue weighted by Gasteiger charge is -2.15. The third-order valence-corrected chi connectivity index (χ3v) is 3.66. The zero-order valence-corrected chi connectivity index (χ0v) is 14.1. The van der Waals surface area contributed by atoms with Crippen LogP contribution in [0.5, 0.6) is 0 Å². The van der Waals surface area contributed by atoms with Crippen molar-refractivity contribution in [2.45, 2.75) is 39.5 Å². The Balaban J connectivity index is 2.30. The molecule has 0 unspecified atom stereocenters. The van der Waals surface area contributed by atoms with Gasteiger partial charge in [-0.1, -0.05) is 51.8 Å². The largest absolute Gasteiger partial charge is 0.247 e. The molecule has 2 heteroatoms. The highest BCUT2D eigenvalue weighted by molar-refractivity contribution is 5.82. The number of benzene rings is 2. The number of para-hydroxylation sites is 1. The highest BCUT2D eigenvalue weighted by Gasteiger charge is 2.12. The lowest BCUT2D eigenvalue weighted by atomic mass is 9.93. The summed E-state index contributed by atoms with van der Waals surface area (Å²) >= 11 is 0. The number of halogens is 1. The van der Waals surface area contributed by atoms with Gasteiger partial charge in [0, 0.05) is 5.56 Å². The van der Waals surface area contributed by atoms with Gasteiger partial charge < -0.3 is 0 Å². The summed E-state index contributed by atoms with van der Waals surface area (Å²) in [7, 11) is 0. The first-order chi connectivity index (χ1) is 11.0. The molecular formula is C21H22FN. The summed E-state index contributed by atoms with van der Waals surface area (Å²) in [5.74, 6) is 6.47. The predicted octanol–water partition coefficient (Wildman–Crippen LogP) is 5.83. The molecule has 0 saturated carbocycles. The molecule has 0 atom stereocenters. The van der Waals surface area contributed by atoms with E-state index in [4.69, 9.17) is 0 Å². The first kappa shape index (κ1) is 17.0. The van der Waals surface area contributed by atoms with E-state index in [1.807, 2.05) is 0 Å². The van der Waals surface area contributed by atoms with Gasteiger partial charge in [-0.25, -0.2) is 9.38 Å². The van der Waals surface area contributed by atoms with Gasteiger partial charge in [-0.05, 0) is 53.1 Å². The molecule has 0 spiro atoms. The van der Waals surface area contributed by atoms with Gasteiger partial charge in [0.25, 0.3) is 0 Å². The van der Waals surface area contributed by atoms with Gasteiger partial charge in [0.05, 0.1) is 11.9 Å². The third kappa shape index (κ3) is 4.53. The van der Waals surface area contributed by atoms with E-state index in [2.05, 4.69) is 62.7 Å². The van der Waals surface area contributed by atoms with Crippen LogP contribution < -0.4 is 0 Å². The molecule has 0 aromatic heterocycles. The average molecular weight is 307 g/mol. The Bertz CT molecular complexity index is 717. The van der Waals surface area contributed by atoms with E-state index in [1.165, 1.54) is 23.3 Å². The van der Waals surface area contributed by atoms with Crippen molar-refractivity contribution in [2.75, 3.05) is 0 Å². The van der Waals surface area contributed by atoms with Crippen molar-refractivity contribution in [1.29, 1.82) is 0 Å². The smallest absolute Gasteiger partial charge is 0.123 e. The molecule has 23 heavy (non-hydrogen) atoms. The van der Waals surface area contributed by atoms with Crippen LogP contribution in [-0.4, -0.2) is 6.21 Å². The molecule has 0 aliphatic heterocycles. The van der Waals surface area contributed by atoms with Crippen LogP contribution in [0.15, 0.2) is 47.5 Å². The van der Waals surface area contributed by atoms with Crippen LogP contribution in [0.25, 0.3) is 0 Å². The monoisotopic (exact) mass is 307 g/mol. The topological polar surface area (TPSA) is 12.4 Å². The molecular weight excluding hydrogens is 285 g/mol. The minimum Gasteiger partial charge on any atom is -0.247 e. The SMILES string of the molecule is CC(C)c1cccc(C(C)C)c1N=CC#Cc1ccc(F)cc1. The van der Waals surface area contributed by atoms with Crippen molar-refractivity contribution in [3.05, 3.63) is 65.0 Å². The third-order valence-electron chi connectivity index (χ3n) is 3.66. The predicted molar refractivity (Wildman–Crippen MR) is 96.1 cm³/mol. The lowest BCUT2D eigenvalue weighted by molar-refractivity contribution is 0.627. The van der Waals surface area contributed by atoms with E-state index in [9.17, 15) is 4.39 Å². The summed E-state index contributed by atoms with van der Waals surface area (Å²) in [6.07, 6.45) is 1.64. The summed E-state index contributed by atoms with van der Waals surface area (Å²) < 4.78 is 12.9. The zero-order valence-electron chi connectivity index (χ0n) is 14.1. The van der Waals surface area contributed by atoms with Crippen LogP contribution in [0.2, 0.25) is 0 Å². The summed E-state index contributed by atoms with van der Waals surface area (Å²) in [6, 6.07) is 12.5. The van der Waals surface area contributed by atoms with Gasteiger partial charge in [0.2, 0.25) is 0 Å². The van der Waals surface area contributed by atoms with Crippen molar-refractivity contribution in [3.8, 4) is 11.8 Å². The van der Waals surface area contributed by atoms with E-state index in [0.29, 0.717) is 11.8 Å². The quantitative estimate of drug-likeness (QED) is 0.500. The number of nitrogens with zero attached hydrogens (tertiary/aromatic N) is 1. The summed E-state index contributed by atoms with van der Waals surface area (Å²) in [4.78, 5) is 4.61. The number of hydrogen-bond donors (Lipinski definition) is 0. The number of hydrogen-bond acceptors (Lipinski definition) is 1. The van der Waals surface area contributed by atoms with Gasteiger partial charge >= 0.3 is 0 Å². The molecule has 118 valence electrons. The van der Waals surface area contributed by atoms with E-state index < -0.39 is 0 Å². The Hall–Kier alpha value is -2.40. The fourth-order valence-electron chi connectivity index (χ4n) is 2.41. The fraction of sp³-hybridized carbons (Fsp3) is 0.286. The molecule has 0 saturated heterocycles. The van der Waals surface area contributed by atoms with Gasteiger partial charge in [-0.2, -0.15) is 0 Å². The lowest BCUT2D eigenvalue weighted by Crippen LogP contribution is -1.95. The second-order valence-corrected chi connectivity index (χ2v) is 6.13. The minimum atomic E-state index is -0.253. The van der Waals surface area contributed by atoms with Crippen molar-refractivity contribution in [2.24, 2.45) is 4.99 Å². The Labute approximate surface area is 138 Å². The average Bonchev–Trinajstić information content (AvgIpc) is 2.52. The molecule has 0 fully saturated rings. The summed E-state index contributed by atoms with van der Waals surface area (Å²) in [5.41, 5.74) is 4.26. The standard InChI is InChI=1S/C21H22FN/c1-15(2)19-8-5-9-20(16(3)4)21(19)23-14-6-7-17-10-12-18(22)13-11-17/h5,8-16H,1-4H3. The second-order valence-electron chi connectivity index (χ2n) is 6.13. The van der Waals surface area contributed by atoms with E-state index in [1.54, 1.807) is 18.3 Å². The molecule has 1 nitrogen and oxygen atoms in total.